The van der Waals surface area contributed by atoms with Gasteiger partial charge in [-0.15, -0.1) is 0 Å². The first-order chi connectivity index (χ1) is 15.0. The topological polar surface area (TPSA) is 46.6 Å². The van der Waals surface area contributed by atoms with E-state index in [9.17, 15) is 14.0 Å². The molecular formula is C25H20FNO3S. The molecule has 4 nitrogen and oxygen atoms in total. The molecule has 1 aliphatic heterocycles. The van der Waals surface area contributed by atoms with Crippen LogP contribution in [0.4, 0.5) is 9.18 Å². The number of hydrogen-bond acceptors (Lipinski definition) is 4. The van der Waals surface area contributed by atoms with Gasteiger partial charge in [0, 0.05) is 5.56 Å². The lowest BCUT2D eigenvalue weighted by molar-refractivity contribution is -0.123. The van der Waals surface area contributed by atoms with Crippen LogP contribution in [-0.2, 0) is 17.9 Å². The molecule has 0 radical (unpaired) electrons. The third-order valence-electron chi connectivity index (χ3n) is 4.83. The number of halogens is 1. The average molecular weight is 434 g/mol. The highest BCUT2D eigenvalue weighted by molar-refractivity contribution is 8.18. The van der Waals surface area contributed by atoms with Gasteiger partial charge in [0.25, 0.3) is 11.1 Å². The fourth-order valence-corrected chi connectivity index (χ4v) is 4.06. The van der Waals surface area contributed by atoms with Crippen LogP contribution < -0.4 is 4.74 Å². The molecule has 1 saturated heterocycles. The van der Waals surface area contributed by atoms with Crippen LogP contribution >= 0.6 is 11.8 Å². The van der Waals surface area contributed by atoms with Gasteiger partial charge in [-0.05, 0) is 54.1 Å². The number of imide groups is 1. The molecule has 31 heavy (non-hydrogen) atoms. The molecule has 0 N–H and O–H groups in total. The summed E-state index contributed by atoms with van der Waals surface area (Å²) >= 11 is 0.939. The number of benzene rings is 3. The summed E-state index contributed by atoms with van der Waals surface area (Å²) in [6.07, 6.45) is 1.70. The van der Waals surface area contributed by atoms with Gasteiger partial charge in [-0.3, -0.25) is 14.5 Å². The molecule has 0 aromatic heterocycles. The molecule has 0 atom stereocenters. The summed E-state index contributed by atoms with van der Waals surface area (Å²) in [5.41, 5.74) is 3.25. The van der Waals surface area contributed by atoms with E-state index in [1.807, 2.05) is 31.2 Å². The minimum absolute atomic E-state index is 0.129. The van der Waals surface area contributed by atoms with Gasteiger partial charge in [0.15, 0.2) is 0 Å². The number of hydrogen-bond donors (Lipinski definition) is 0. The van der Waals surface area contributed by atoms with Gasteiger partial charge in [0.2, 0.25) is 0 Å². The van der Waals surface area contributed by atoms with Gasteiger partial charge in [0.05, 0.1) is 11.4 Å². The van der Waals surface area contributed by atoms with Crippen LogP contribution in [-0.4, -0.2) is 16.0 Å². The minimum Gasteiger partial charge on any atom is -0.489 e. The molecule has 1 aliphatic rings. The summed E-state index contributed by atoms with van der Waals surface area (Å²) in [5.74, 6) is -0.00940. The summed E-state index contributed by atoms with van der Waals surface area (Å²) in [6, 6.07) is 21.3. The number of carbonyl (C=O) groups excluding carboxylic acids is 2. The lowest BCUT2D eigenvalue weighted by Gasteiger charge is -2.12. The number of amides is 2. The Labute approximate surface area is 184 Å². The number of carbonyl (C=O) groups is 2. The molecule has 6 heteroatoms. The van der Waals surface area contributed by atoms with E-state index >= 15 is 0 Å². The Kier molecular flexibility index (Phi) is 6.18. The van der Waals surface area contributed by atoms with E-state index < -0.39 is 0 Å². The van der Waals surface area contributed by atoms with Crippen LogP contribution in [0.2, 0.25) is 0 Å². The summed E-state index contributed by atoms with van der Waals surface area (Å²) in [6.45, 7) is 2.36. The second-order valence-corrected chi connectivity index (χ2v) is 8.20. The Morgan fingerprint density at radius 3 is 2.52 bits per heavy atom. The van der Waals surface area contributed by atoms with E-state index in [2.05, 4.69) is 0 Å². The van der Waals surface area contributed by atoms with Crippen molar-refractivity contribution in [2.45, 2.75) is 20.1 Å². The van der Waals surface area contributed by atoms with Crippen LogP contribution in [0.5, 0.6) is 5.75 Å². The Morgan fingerprint density at radius 1 is 1.00 bits per heavy atom. The molecule has 3 aromatic rings. The predicted octanol–water partition coefficient (Wildman–Crippen LogP) is 5.95. The van der Waals surface area contributed by atoms with E-state index in [-0.39, 0.29) is 30.1 Å². The highest BCUT2D eigenvalue weighted by Gasteiger charge is 2.34. The van der Waals surface area contributed by atoms with Crippen molar-refractivity contribution in [2.24, 2.45) is 0 Å². The smallest absolute Gasteiger partial charge is 0.293 e. The zero-order valence-corrected chi connectivity index (χ0v) is 17.7. The molecule has 4 rings (SSSR count). The Morgan fingerprint density at radius 2 is 1.77 bits per heavy atom. The number of thioether (sulfide) groups is 1. The molecular weight excluding hydrogens is 413 g/mol. The molecule has 3 aromatic carbocycles. The first-order valence-electron chi connectivity index (χ1n) is 9.77. The maximum atomic E-state index is 13.7. The summed E-state index contributed by atoms with van der Waals surface area (Å²) < 4.78 is 19.3. The van der Waals surface area contributed by atoms with Gasteiger partial charge in [0.1, 0.15) is 18.2 Å². The Balaban J connectivity index is 1.42. The number of ether oxygens (including phenoxy) is 1. The molecule has 0 spiro atoms. The van der Waals surface area contributed by atoms with Crippen LogP contribution in [0.3, 0.4) is 0 Å². The monoisotopic (exact) mass is 433 g/mol. The minimum atomic E-state index is -0.305. The standard InChI is InChI=1S/C25H20FNO3S/c1-17-5-4-6-19(13-17)15-27-24(28)23(31-25(27)29)14-18-9-11-21(12-10-18)30-16-20-7-2-3-8-22(20)26/h2-14H,15-16H2,1H3/b23-14+. The van der Waals surface area contributed by atoms with Crippen molar-refractivity contribution in [1.29, 1.82) is 0 Å². The second kappa shape index (κ2) is 9.18. The van der Waals surface area contributed by atoms with E-state index in [1.165, 1.54) is 11.0 Å². The lowest BCUT2D eigenvalue weighted by atomic mass is 10.1. The van der Waals surface area contributed by atoms with E-state index in [1.54, 1.807) is 48.5 Å². The van der Waals surface area contributed by atoms with Crippen LogP contribution in [0, 0.1) is 12.7 Å². The normalized spacial score (nSPS) is 15.0. The van der Waals surface area contributed by atoms with Crippen molar-refractivity contribution in [1.82, 2.24) is 4.90 Å². The number of nitrogens with zero attached hydrogens (tertiary/aromatic N) is 1. The van der Waals surface area contributed by atoms with E-state index in [0.717, 1.165) is 28.5 Å². The summed E-state index contributed by atoms with van der Waals surface area (Å²) in [7, 11) is 0. The van der Waals surface area contributed by atoms with Gasteiger partial charge >= 0.3 is 0 Å². The van der Waals surface area contributed by atoms with Gasteiger partial charge in [-0.25, -0.2) is 4.39 Å². The van der Waals surface area contributed by atoms with Gasteiger partial charge < -0.3 is 4.74 Å². The quantitative estimate of drug-likeness (QED) is 0.451. The highest BCUT2D eigenvalue weighted by Crippen LogP contribution is 2.33. The molecule has 156 valence electrons. The largest absolute Gasteiger partial charge is 0.489 e. The van der Waals surface area contributed by atoms with Crippen LogP contribution in [0.25, 0.3) is 6.08 Å². The molecule has 2 amide bonds. The highest BCUT2D eigenvalue weighted by atomic mass is 32.2. The van der Waals surface area contributed by atoms with Crippen molar-refractivity contribution in [3.05, 3.63) is 106 Å². The molecule has 1 heterocycles. The average Bonchev–Trinajstić information content (AvgIpc) is 3.02. The predicted molar refractivity (Wildman–Crippen MR) is 120 cm³/mol. The molecule has 0 unspecified atom stereocenters. The Bertz CT molecular complexity index is 1160. The summed E-state index contributed by atoms with van der Waals surface area (Å²) in [5, 5.41) is -0.275. The SMILES string of the molecule is Cc1cccc(CN2C(=O)S/C(=C/c3ccc(OCc4ccccc4F)cc3)C2=O)c1. The van der Waals surface area contributed by atoms with Crippen molar-refractivity contribution in [2.75, 3.05) is 0 Å². The maximum absolute atomic E-state index is 13.7. The van der Waals surface area contributed by atoms with Crippen molar-refractivity contribution < 1.29 is 18.7 Å². The molecule has 0 aliphatic carbocycles. The second-order valence-electron chi connectivity index (χ2n) is 7.21. The third-order valence-corrected chi connectivity index (χ3v) is 5.73. The number of aryl methyl sites for hydroxylation is 1. The first-order valence-corrected chi connectivity index (χ1v) is 10.6. The van der Waals surface area contributed by atoms with Crippen LogP contribution in [0.15, 0.2) is 77.7 Å². The lowest BCUT2D eigenvalue weighted by Crippen LogP contribution is -2.27. The summed E-state index contributed by atoms with van der Waals surface area (Å²) in [4.78, 5) is 26.7. The number of rotatable bonds is 6. The van der Waals surface area contributed by atoms with Crippen molar-refractivity contribution in [3.63, 3.8) is 0 Å². The fraction of sp³-hybridized carbons (Fsp3) is 0.120. The molecule has 0 bridgehead atoms. The van der Waals surface area contributed by atoms with E-state index in [0.29, 0.717) is 16.2 Å². The molecule has 1 fully saturated rings. The van der Waals surface area contributed by atoms with Crippen molar-refractivity contribution in [3.8, 4) is 5.75 Å². The van der Waals surface area contributed by atoms with Gasteiger partial charge in [-0.1, -0.05) is 60.2 Å². The zero-order chi connectivity index (χ0) is 21.8. The fourth-order valence-electron chi connectivity index (χ4n) is 3.22. The van der Waals surface area contributed by atoms with Crippen molar-refractivity contribution >= 4 is 29.0 Å². The zero-order valence-electron chi connectivity index (χ0n) is 16.9. The Hall–Kier alpha value is -3.38. The third kappa shape index (κ3) is 5.03. The van der Waals surface area contributed by atoms with E-state index in [4.69, 9.17) is 4.74 Å². The van der Waals surface area contributed by atoms with Crippen LogP contribution in [0.1, 0.15) is 22.3 Å². The van der Waals surface area contributed by atoms with Gasteiger partial charge in [-0.2, -0.15) is 0 Å². The molecule has 0 saturated carbocycles. The maximum Gasteiger partial charge on any atom is 0.293 e. The first kappa shape index (κ1) is 20.9.